The maximum Gasteiger partial charge on any atom is 0.293 e. The SMILES string of the molecule is CN(CC1CCC1)C(=O)c1c(F)ccc([N+](=O)[O-])c1N. The second-order valence-corrected chi connectivity index (χ2v) is 5.09. The topological polar surface area (TPSA) is 89.5 Å². The molecule has 0 aromatic heterocycles. The van der Waals surface area contributed by atoms with Gasteiger partial charge in [0.15, 0.2) is 0 Å². The first-order valence-electron chi connectivity index (χ1n) is 6.39. The van der Waals surface area contributed by atoms with E-state index in [1.165, 1.54) is 4.90 Å². The van der Waals surface area contributed by atoms with Crippen molar-refractivity contribution in [2.75, 3.05) is 19.3 Å². The molecule has 1 amide bonds. The third kappa shape index (κ3) is 2.56. The van der Waals surface area contributed by atoms with Crippen molar-refractivity contribution >= 4 is 17.3 Å². The van der Waals surface area contributed by atoms with Gasteiger partial charge in [0.2, 0.25) is 0 Å². The molecule has 0 radical (unpaired) electrons. The molecule has 0 bridgehead atoms. The third-order valence-electron chi connectivity index (χ3n) is 3.69. The van der Waals surface area contributed by atoms with Crippen LogP contribution in [0.5, 0.6) is 0 Å². The zero-order chi connectivity index (χ0) is 14.9. The summed E-state index contributed by atoms with van der Waals surface area (Å²) in [5, 5.41) is 10.8. The van der Waals surface area contributed by atoms with E-state index in [0.29, 0.717) is 12.5 Å². The molecule has 1 aromatic rings. The molecular weight excluding hydrogens is 265 g/mol. The Balaban J connectivity index is 2.28. The number of nitrogens with two attached hydrogens (primary N) is 1. The average molecular weight is 281 g/mol. The van der Waals surface area contributed by atoms with E-state index >= 15 is 0 Å². The molecule has 1 aliphatic carbocycles. The molecule has 0 atom stereocenters. The normalized spacial score (nSPS) is 14.7. The molecule has 1 aliphatic rings. The summed E-state index contributed by atoms with van der Waals surface area (Å²) in [5.41, 5.74) is 4.29. The molecule has 7 heteroatoms. The zero-order valence-corrected chi connectivity index (χ0v) is 11.1. The summed E-state index contributed by atoms with van der Waals surface area (Å²) in [6.45, 7) is 0.514. The summed E-state index contributed by atoms with van der Waals surface area (Å²) in [5.74, 6) is -1.03. The largest absolute Gasteiger partial charge is 0.392 e. The Kier molecular flexibility index (Phi) is 3.87. The van der Waals surface area contributed by atoms with Gasteiger partial charge in [-0.15, -0.1) is 0 Å². The number of amides is 1. The minimum atomic E-state index is -0.835. The fraction of sp³-hybridized carbons (Fsp3) is 0.462. The van der Waals surface area contributed by atoms with Gasteiger partial charge >= 0.3 is 0 Å². The number of nitrogen functional groups attached to an aromatic ring is 1. The Hall–Kier alpha value is -2.18. The van der Waals surface area contributed by atoms with Gasteiger partial charge in [0.05, 0.1) is 4.92 Å². The van der Waals surface area contributed by atoms with Crippen LogP contribution in [0.3, 0.4) is 0 Å². The summed E-state index contributed by atoms with van der Waals surface area (Å²) in [7, 11) is 1.55. The van der Waals surface area contributed by atoms with Crippen molar-refractivity contribution in [1.82, 2.24) is 4.90 Å². The molecule has 6 nitrogen and oxygen atoms in total. The number of halogens is 1. The highest BCUT2D eigenvalue weighted by Gasteiger charge is 2.28. The molecule has 2 rings (SSSR count). The van der Waals surface area contributed by atoms with Crippen molar-refractivity contribution in [1.29, 1.82) is 0 Å². The number of nitrogens with zero attached hydrogens (tertiary/aromatic N) is 2. The highest BCUT2D eigenvalue weighted by atomic mass is 19.1. The van der Waals surface area contributed by atoms with Gasteiger partial charge in [-0.25, -0.2) is 4.39 Å². The Morgan fingerprint density at radius 2 is 2.20 bits per heavy atom. The van der Waals surface area contributed by atoms with E-state index in [4.69, 9.17) is 5.73 Å². The summed E-state index contributed by atoms with van der Waals surface area (Å²) >= 11 is 0. The predicted octanol–water partition coefficient (Wildman–Crippen LogP) is 2.19. The lowest BCUT2D eigenvalue weighted by Gasteiger charge is -2.30. The van der Waals surface area contributed by atoms with Crippen LogP contribution in [0.1, 0.15) is 29.6 Å². The Bertz CT molecular complexity index is 558. The van der Waals surface area contributed by atoms with Gasteiger partial charge in [0.1, 0.15) is 17.1 Å². The Morgan fingerprint density at radius 1 is 1.55 bits per heavy atom. The first-order chi connectivity index (χ1) is 9.41. The van der Waals surface area contributed by atoms with Gasteiger partial charge in [-0.2, -0.15) is 0 Å². The smallest absolute Gasteiger partial charge is 0.293 e. The number of hydrogen-bond donors (Lipinski definition) is 1. The quantitative estimate of drug-likeness (QED) is 0.520. The summed E-state index contributed by atoms with van der Waals surface area (Å²) < 4.78 is 13.8. The van der Waals surface area contributed by atoms with Gasteiger partial charge in [-0.3, -0.25) is 14.9 Å². The van der Waals surface area contributed by atoms with Crippen LogP contribution in [-0.2, 0) is 0 Å². The van der Waals surface area contributed by atoms with Gasteiger partial charge < -0.3 is 10.6 Å². The van der Waals surface area contributed by atoms with Crippen LogP contribution in [0.15, 0.2) is 12.1 Å². The minimum Gasteiger partial charge on any atom is -0.392 e. The second-order valence-electron chi connectivity index (χ2n) is 5.09. The highest BCUT2D eigenvalue weighted by Crippen LogP contribution is 2.30. The van der Waals surface area contributed by atoms with Gasteiger partial charge in [-0.05, 0) is 24.8 Å². The number of hydrogen-bond acceptors (Lipinski definition) is 4. The molecular formula is C13H16FN3O3. The fourth-order valence-corrected chi connectivity index (χ4v) is 2.29. The van der Waals surface area contributed by atoms with E-state index in [0.717, 1.165) is 31.4 Å². The standard InChI is InChI=1S/C13H16FN3O3/c1-16(7-8-3-2-4-8)13(18)11-9(14)5-6-10(12(11)15)17(19)20/h5-6,8H,2-4,7,15H2,1H3. The molecule has 1 saturated carbocycles. The number of benzene rings is 1. The molecule has 0 unspecified atom stereocenters. The van der Waals surface area contributed by atoms with Crippen LogP contribution in [0.25, 0.3) is 0 Å². The van der Waals surface area contributed by atoms with E-state index in [1.54, 1.807) is 7.05 Å². The van der Waals surface area contributed by atoms with Crippen molar-refractivity contribution in [2.24, 2.45) is 5.92 Å². The molecule has 2 N–H and O–H groups in total. The number of nitro benzene ring substituents is 1. The van der Waals surface area contributed by atoms with Crippen LogP contribution in [0.4, 0.5) is 15.8 Å². The lowest BCUT2D eigenvalue weighted by molar-refractivity contribution is -0.384. The number of nitro groups is 1. The van der Waals surface area contributed by atoms with Crippen molar-refractivity contribution in [3.8, 4) is 0 Å². The van der Waals surface area contributed by atoms with Crippen LogP contribution < -0.4 is 5.73 Å². The maximum absolute atomic E-state index is 13.8. The Labute approximate surface area is 115 Å². The average Bonchev–Trinajstić information content (AvgIpc) is 2.32. The molecule has 0 heterocycles. The molecule has 108 valence electrons. The second kappa shape index (κ2) is 5.44. The number of carbonyl (C=O) groups excluding carboxylic acids is 1. The Morgan fingerprint density at radius 3 is 2.70 bits per heavy atom. The first-order valence-corrected chi connectivity index (χ1v) is 6.39. The number of carbonyl (C=O) groups is 1. The van der Waals surface area contributed by atoms with E-state index < -0.39 is 33.6 Å². The number of anilines is 1. The molecule has 0 aliphatic heterocycles. The van der Waals surface area contributed by atoms with E-state index in [1.807, 2.05) is 0 Å². The molecule has 0 spiro atoms. The molecule has 1 fully saturated rings. The molecule has 1 aromatic carbocycles. The monoisotopic (exact) mass is 281 g/mol. The van der Waals surface area contributed by atoms with Crippen LogP contribution in [0.2, 0.25) is 0 Å². The van der Waals surface area contributed by atoms with Crippen molar-refractivity contribution in [3.05, 3.63) is 33.6 Å². The van der Waals surface area contributed by atoms with Crippen molar-refractivity contribution < 1.29 is 14.1 Å². The minimum absolute atomic E-state index is 0.416. The van der Waals surface area contributed by atoms with Gasteiger partial charge in [0, 0.05) is 19.7 Å². The van der Waals surface area contributed by atoms with Crippen LogP contribution in [-0.4, -0.2) is 29.3 Å². The lowest BCUT2D eigenvalue weighted by atomic mass is 9.85. The predicted molar refractivity (Wildman–Crippen MR) is 71.8 cm³/mol. The molecule has 0 saturated heterocycles. The zero-order valence-electron chi connectivity index (χ0n) is 11.1. The maximum atomic E-state index is 13.8. The van der Waals surface area contributed by atoms with Gasteiger partial charge in [-0.1, -0.05) is 6.42 Å². The van der Waals surface area contributed by atoms with E-state index in [2.05, 4.69) is 0 Å². The summed E-state index contributed by atoms with van der Waals surface area (Å²) in [6, 6.07) is 1.87. The van der Waals surface area contributed by atoms with Crippen molar-refractivity contribution in [3.63, 3.8) is 0 Å². The summed E-state index contributed by atoms with van der Waals surface area (Å²) in [4.78, 5) is 23.7. The first kappa shape index (κ1) is 14.2. The summed E-state index contributed by atoms with van der Waals surface area (Å²) in [6.07, 6.45) is 3.23. The van der Waals surface area contributed by atoms with Gasteiger partial charge in [0.25, 0.3) is 11.6 Å². The van der Waals surface area contributed by atoms with Crippen molar-refractivity contribution in [2.45, 2.75) is 19.3 Å². The van der Waals surface area contributed by atoms with Crippen LogP contribution in [0, 0.1) is 21.8 Å². The van der Waals surface area contributed by atoms with E-state index in [-0.39, 0.29) is 0 Å². The lowest BCUT2D eigenvalue weighted by Crippen LogP contribution is -2.35. The fourth-order valence-electron chi connectivity index (χ4n) is 2.29. The van der Waals surface area contributed by atoms with E-state index in [9.17, 15) is 19.3 Å². The van der Waals surface area contributed by atoms with Crippen LogP contribution >= 0.6 is 0 Å². The third-order valence-corrected chi connectivity index (χ3v) is 3.69. The highest BCUT2D eigenvalue weighted by molar-refractivity contribution is 6.01. The number of rotatable bonds is 4. The molecule has 20 heavy (non-hydrogen) atoms.